The molecule has 2 aliphatic rings. The number of aliphatic hydroxyl groups excluding tert-OH is 1. The molecule has 0 aromatic heterocycles. The summed E-state index contributed by atoms with van der Waals surface area (Å²) < 4.78 is 11.2. The first kappa shape index (κ1) is 16.0. The molecule has 1 saturated heterocycles. The van der Waals surface area contributed by atoms with E-state index in [1.54, 1.807) is 0 Å². The van der Waals surface area contributed by atoms with Crippen LogP contribution in [0.3, 0.4) is 0 Å². The number of aliphatic hydroxyl groups is 1. The van der Waals surface area contributed by atoms with Crippen molar-refractivity contribution < 1.29 is 14.6 Å². The molecular formula is C16H29NO3. The number of ether oxygens (including phenoxy) is 2. The van der Waals surface area contributed by atoms with Gasteiger partial charge in [-0.1, -0.05) is 19.1 Å². The number of rotatable bonds is 8. The van der Waals surface area contributed by atoms with E-state index in [4.69, 9.17) is 9.47 Å². The van der Waals surface area contributed by atoms with Crippen LogP contribution in [0.2, 0.25) is 0 Å². The molecule has 0 aromatic rings. The second-order valence-electron chi connectivity index (χ2n) is 6.16. The predicted molar refractivity (Wildman–Crippen MR) is 79.7 cm³/mol. The second kappa shape index (κ2) is 8.78. The van der Waals surface area contributed by atoms with Crippen LogP contribution < -0.4 is 5.32 Å². The van der Waals surface area contributed by atoms with Gasteiger partial charge in [-0.2, -0.15) is 0 Å². The van der Waals surface area contributed by atoms with Crippen LogP contribution in [0.4, 0.5) is 0 Å². The highest BCUT2D eigenvalue weighted by Gasteiger charge is 2.19. The molecule has 1 fully saturated rings. The first-order valence-electron chi connectivity index (χ1n) is 7.99. The Morgan fingerprint density at radius 1 is 1.40 bits per heavy atom. The smallest absolute Gasteiger partial charge is 0.0897 e. The minimum atomic E-state index is -0.425. The van der Waals surface area contributed by atoms with E-state index in [1.807, 2.05) is 0 Å². The van der Waals surface area contributed by atoms with Crippen molar-refractivity contribution in [2.24, 2.45) is 11.8 Å². The quantitative estimate of drug-likeness (QED) is 0.666. The Hall–Kier alpha value is -0.420. The van der Waals surface area contributed by atoms with Crippen LogP contribution in [-0.4, -0.2) is 50.2 Å². The zero-order chi connectivity index (χ0) is 14.2. The number of hydrogen-bond donors (Lipinski definition) is 2. The summed E-state index contributed by atoms with van der Waals surface area (Å²) in [6.45, 7) is 5.75. The lowest BCUT2D eigenvalue weighted by molar-refractivity contribution is 0.0113. The molecule has 20 heavy (non-hydrogen) atoms. The fraction of sp³-hybridized carbons (Fsp3) is 0.875. The molecule has 2 rings (SSSR count). The van der Waals surface area contributed by atoms with E-state index in [0.717, 1.165) is 45.4 Å². The van der Waals surface area contributed by atoms with E-state index in [9.17, 15) is 5.11 Å². The predicted octanol–water partition coefficient (Wildman–Crippen LogP) is 1.73. The van der Waals surface area contributed by atoms with Gasteiger partial charge in [0.15, 0.2) is 0 Å². The molecular weight excluding hydrogens is 254 g/mol. The third kappa shape index (κ3) is 5.52. The first-order valence-corrected chi connectivity index (χ1v) is 7.99. The lowest BCUT2D eigenvalue weighted by Crippen LogP contribution is -2.35. The zero-order valence-electron chi connectivity index (χ0n) is 12.6. The highest BCUT2D eigenvalue weighted by atomic mass is 16.5. The third-order valence-electron chi connectivity index (χ3n) is 4.34. The summed E-state index contributed by atoms with van der Waals surface area (Å²) in [6, 6.07) is 0. The molecule has 0 bridgehead atoms. The Balaban J connectivity index is 1.49. The van der Waals surface area contributed by atoms with Crippen LogP contribution in [0.25, 0.3) is 0 Å². The third-order valence-corrected chi connectivity index (χ3v) is 4.34. The fourth-order valence-corrected chi connectivity index (χ4v) is 2.87. The van der Waals surface area contributed by atoms with Crippen molar-refractivity contribution in [2.75, 3.05) is 32.9 Å². The van der Waals surface area contributed by atoms with E-state index in [0.29, 0.717) is 31.1 Å². The summed E-state index contributed by atoms with van der Waals surface area (Å²) in [6.07, 6.45) is 8.95. The molecule has 1 heterocycles. The monoisotopic (exact) mass is 283 g/mol. The minimum absolute atomic E-state index is 0.331. The SMILES string of the molecule is CC1CC=CCC1COCC(O)CNCC1CCCO1. The van der Waals surface area contributed by atoms with Crippen molar-refractivity contribution in [3.05, 3.63) is 12.2 Å². The maximum absolute atomic E-state index is 9.88. The van der Waals surface area contributed by atoms with Crippen LogP contribution in [0.1, 0.15) is 32.6 Å². The van der Waals surface area contributed by atoms with Crippen LogP contribution in [-0.2, 0) is 9.47 Å². The number of allylic oxidation sites excluding steroid dienone is 2. The maximum Gasteiger partial charge on any atom is 0.0897 e. The van der Waals surface area contributed by atoms with Gasteiger partial charge in [-0.15, -0.1) is 0 Å². The largest absolute Gasteiger partial charge is 0.389 e. The van der Waals surface area contributed by atoms with E-state index >= 15 is 0 Å². The van der Waals surface area contributed by atoms with E-state index < -0.39 is 6.10 Å². The van der Waals surface area contributed by atoms with Crippen molar-refractivity contribution in [3.63, 3.8) is 0 Å². The van der Waals surface area contributed by atoms with E-state index in [-0.39, 0.29) is 0 Å². The number of nitrogens with one attached hydrogen (secondary N) is 1. The second-order valence-corrected chi connectivity index (χ2v) is 6.16. The van der Waals surface area contributed by atoms with Crippen LogP contribution in [0.15, 0.2) is 12.2 Å². The average molecular weight is 283 g/mol. The Kier molecular flexibility index (Phi) is 7.00. The summed E-state index contributed by atoms with van der Waals surface area (Å²) in [7, 11) is 0. The molecule has 4 unspecified atom stereocenters. The van der Waals surface area contributed by atoms with Gasteiger partial charge in [-0.05, 0) is 37.5 Å². The van der Waals surface area contributed by atoms with Crippen molar-refractivity contribution >= 4 is 0 Å². The first-order chi connectivity index (χ1) is 9.75. The standard InChI is InChI=1S/C16H29NO3/c1-13-5-2-3-6-14(13)11-19-12-15(18)9-17-10-16-7-4-8-20-16/h2-3,13-18H,4-12H2,1H3. The van der Waals surface area contributed by atoms with Crippen molar-refractivity contribution in [2.45, 2.75) is 44.8 Å². The Bertz CT molecular complexity index is 289. The molecule has 4 heteroatoms. The molecule has 0 spiro atoms. The Labute approximate surface area is 122 Å². The molecule has 0 radical (unpaired) electrons. The topological polar surface area (TPSA) is 50.7 Å². The lowest BCUT2D eigenvalue weighted by atomic mass is 9.85. The zero-order valence-corrected chi connectivity index (χ0v) is 12.6. The highest BCUT2D eigenvalue weighted by Crippen LogP contribution is 2.24. The molecule has 0 amide bonds. The summed E-state index contributed by atoms with van der Waals surface area (Å²) in [5, 5.41) is 13.1. The van der Waals surface area contributed by atoms with Gasteiger partial charge >= 0.3 is 0 Å². The summed E-state index contributed by atoms with van der Waals surface area (Å²) in [4.78, 5) is 0. The van der Waals surface area contributed by atoms with Gasteiger partial charge in [-0.3, -0.25) is 0 Å². The van der Waals surface area contributed by atoms with Crippen LogP contribution >= 0.6 is 0 Å². The van der Waals surface area contributed by atoms with Crippen molar-refractivity contribution in [1.29, 1.82) is 0 Å². The molecule has 0 aromatic carbocycles. The van der Waals surface area contributed by atoms with E-state index in [1.165, 1.54) is 0 Å². The van der Waals surface area contributed by atoms with Gasteiger partial charge in [0.2, 0.25) is 0 Å². The summed E-state index contributed by atoms with van der Waals surface area (Å²) >= 11 is 0. The van der Waals surface area contributed by atoms with Crippen molar-refractivity contribution in [1.82, 2.24) is 5.32 Å². The molecule has 1 aliphatic carbocycles. The summed E-state index contributed by atoms with van der Waals surface area (Å²) in [5.41, 5.74) is 0. The Morgan fingerprint density at radius 3 is 3.00 bits per heavy atom. The minimum Gasteiger partial charge on any atom is -0.389 e. The maximum atomic E-state index is 9.88. The molecule has 0 saturated carbocycles. The molecule has 2 N–H and O–H groups in total. The molecule has 116 valence electrons. The van der Waals surface area contributed by atoms with Gasteiger partial charge in [0, 0.05) is 19.7 Å². The molecule has 1 aliphatic heterocycles. The highest BCUT2D eigenvalue weighted by molar-refractivity contribution is 4.93. The summed E-state index contributed by atoms with van der Waals surface area (Å²) in [5.74, 6) is 1.29. The van der Waals surface area contributed by atoms with Gasteiger partial charge in [0.25, 0.3) is 0 Å². The van der Waals surface area contributed by atoms with Crippen molar-refractivity contribution in [3.8, 4) is 0 Å². The van der Waals surface area contributed by atoms with Gasteiger partial charge in [-0.25, -0.2) is 0 Å². The normalized spacial score (nSPS) is 31.6. The molecule has 4 atom stereocenters. The van der Waals surface area contributed by atoms with Gasteiger partial charge < -0.3 is 19.9 Å². The lowest BCUT2D eigenvalue weighted by Gasteiger charge is -2.25. The fourth-order valence-electron chi connectivity index (χ4n) is 2.87. The van der Waals surface area contributed by atoms with E-state index in [2.05, 4.69) is 24.4 Å². The van der Waals surface area contributed by atoms with Gasteiger partial charge in [0.05, 0.1) is 25.4 Å². The van der Waals surface area contributed by atoms with Crippen LogP contribution in [0.5, 0.6) is 0 Å². The average Bonchev–Trinajstić information content (AvgIpc) is 2.94. The number of hydrogen-bond acceptors (Lipinski definition) is 4. The van der Waals surface area contributed by atoms with Crippen LogP contribution in [0, 0.1) is 11.8 Å². The molecule has 4 nitrogen and oxygen atoms in total. The van der Waals surface area contributed by atoms with Gasteiger partial charge in [0.1, 0.15) is 0 Å². The Morgan fingerprint density at radius 2 is 2.25 bits per heavy atom.